The van der Waals surface area contributed by atoms with Crippen molar-refractivity contribution in [2.24, 2.45) is 0 Å². The van der Waals surface area contributed by atoms with Crippen LogP contribution in [-0.2, 0) is 0 Å². The van der Waals surface area contributed by atoms with E-state index >= 15 is 0 Å². The zero-order chi connectivity index (χ0) is 13.3. The summed E-state index contributed by atoms with van der Waals surface area (Å²) in [5.74, 6) is -0.228. The average Bonchev–Trinajstić information content (AvgIpc) is 2.55. The number of anilines is 1. The highest BCUT2D eigenvalue weighted by molar-refractivity contribution is 5.77. The number of rotatable bonds is 3. The molecular formula is C11H11F4N3. The number of hydrogen-bond donors (Lipinski definition) is 2. The van der Waals surface area contributed by atoms with Crippen LogP contribution in [0.25, 0.3) is 11.0 Å². The number of alkyl halides is 3. The van der Waals surface area contributed by atoms with Gasteiger partial charge in [0, 0.05) is 6.04 Å². The molecule has 18 heavy (non-hydrogen) atoms. The van der Waals surface area contributed by atoms with Crippen molar-refractivity contribution < 1.29 is 17.6 Å². The highest BCUT2D eigenvalue weighted by Gasteiger charge is 2.30. The monoisotopic (exact) mass is 261 g/mol. The predicted molar refractivity (Wildman–Crippen MR) is 59.8 cm³/mol. The van der Waals surface area contributed by atoms with Gasteiger partial charge in [-0.1, -0.05) is 0 Å². The van der Waals surface area contributed by atoms with Crippen molar-refractivity contribution in [2.45, 2.75) is 25.6 Å². The molecule has 2 rings (SSSR count). The first-order chi connectivity index (χ1) is 8.33. The fourth-order valence-corrected chi connectivity index (χ4v) is 1.68. The molecule has 1 heterocycles. The summed E-state index contributed by atoms with van der Waals surface area (Å²) < 4.78 is 49.4. The molecule has 1 unspecified atom stereocenters. The molecule has 3 nitrogen and oxygen atoms in total. The normalized spacial score (nSPS) is 13.8. The Morgan fingerprint density at radius 2 is 2.11 bits per heavy atom. The first-order valence-electron chi connectivity index (χ1n) is 5.32. The number of fused-ring (bicyclic) bond motifs is 1. The van der Waals surface area contributed by atoms with Crippen molar-refractivity contribution in [2.75, 3.05) is 5.32 Å². The molecule has 1 atom stereocenters. The Hall–Kier alpha value is -1.79. The van der Waals surface area contributed by atoms with E-state index in [4.69, 9.17) is 0 Å². The number of nitrogens with zero attached hydrogens (tertiary/aromatic N) is 1. The lowest BCUT2D eigenvalue weighted by Crippen LogP contribution is -2.24. The Labute approximate surface area is 100 Å². The van der Waals surface area contributed by atoms with E-state index in [1.807, 2.05) is 0 Å². The molecule has 0 radical (unpaired) electrons. The van der Waals surface area contributed by atoms with E-state index in [-0.39, 0.29) is 5.95 Å². The van der Waals surface area contributed by atoms with E-state index < -0.39 is 24.5 Å². The van der Waals surface area contributed by atoms with Crippen LogP contribution in [0.1, 0.15) is 13.3 Å². The maximum absolute atomic E-state index is 12.9. The Morgan fingerprint density at radius 3 is 2.78 bits per heavy atom. The Balaban J connectivity index is 2.12. The van der Waals surface area contributed by atoms with Gasteiger partial charge in [-0.25, -0.2) is 9.37 Å². The largest absolute Gasteiger partial charge is 0.391 e. The van der Waals surface area contributed by atoms with E-state index in [9.17, 15) is 17.6 Å². The van der Waals surface area contributed by atoms with Gasteiger partial charge in [-0.3, -0.25) is 0 Å². The molecule has 0 saturated heterocycles. The van der Waals surface area contributed by atoms with Gasteiger partial charge in [0.25, 0.3) is 0 Å². The Morgan fingerprint density at radius 1 is 1.39 bits per heavy atom. The van der Waals surface area contributed by atoms with Gasteiger partial charge in [0.05, 0.1) is 17.5 Å². The topological polar surface area (TPSA) is 40.7 Å². The van der Waals surface area contributed by atoms with E-state index in [1.54, 1.807) is 0 Å². The lowest BCUT2D eigenvalue weighted by Gasteiger charge is -2.14. The van der Waals surface area contributed by atoms with Gasteiger partial charge < -0.3 is 10.3 Å². The molecule has 2 N–H and O–H groups in total. The Bertz CT molecular complexity index is 547. The van der Waals surface area contributed by atoms with Crippen molar-refractivity contribution >= 4 is 17.0 Å². The summed E-state index contributed by atoms with van der Waals surface area (Å²) in [6, 6.07) is 3.13. The first-order valence-corrected chi connectivity index (χ1v) is 5.32. The van der Waals surface area contributed by atoms with E-state index in [0.29, 0.717) is 11.0 Å². The van der Waals surface area contributed by atoms with Crippen LogP contribution in [-0.4, -0.2) is 22.2 Å². The molecule has 0 aliphatic rings. The van der Waals surface area contributed by atoms with Crippen LogP contribution in [0.4, 0.5) is 23.5 Å². The van der Waals surface area contributed by atoms with Gasteiger partial charge in [0.15, 0.2) is 0 Å². The highest BCUT2D eigenvalue weighted by atomic mass is 19.4. The van der Waals surface area contributed by atoms with Gasteiger partial charge in [0.1, 0.15) is 5.82 Å². The van der Waals surface area contributed by atoms with Gasteiger partial charge in [0.2, 0.25) is 5.95 Å². The molecule has 2 aromatic rings. The number of H-pyrrole nitrogens is 1. The number of halogens is 4. The van der Waals surface area contributed by atoms with Crippen molar-refractivity contribution in [1.29, 1.82) is 0 Å². The molecule has 0 fully saturated rings. The summed E-state index contributed by atoms with van der Waals surface area (Å²) in [6.45, 7) is 1.40. The van der Waals surface area contributed by atoms with E-state index in [2.05, 4.69) is 15.3 Å². The Kier molecular flexibility index (Phi) is 3.14. The van der Waals surface area contributed by atoms with Crippen molar-refractivity contribution in [1.82, 2.24) is 9.97 Å². The maximum atomic E-state index is 12.9. The second kappa shape index (κ2) is 4.47. The fraction of sp³-hybridized carbons (Fsp3) is 0.364. The number of aromatic amines is 1. The van der Waals surface area contributed by atoms with Crippen LogP contribution in [0.5, 0.6) is 0 Å². The van der Waals surface area contributed by atoms with Gasteiger partial charge in [-0.15, -0.1) is 0 Å². The maximum Gasteiger partial charge on any atom is 0.391 e. The molecule has 1 aromatic carbocycles. The molecule has 0 spiro atoms. The quantitative estimate of drug-likeness (QED) is 0.831. The van der Waals surface area contributed by atoms with Crippen LogP contribution in [0.3, 0.4) is 0 Å². The minimum Gasteiger partial charge on any atom is -0.353 e. The van der Waals surface area contributed by atoms with Crippen LogP contribution in [0.15, 0.2) is 18.2 Å². The molecule has 0 bridgehead atoms. The van der Waals surface area contributed by atoms with E-state index in [1.165, 1.54) is 25.1 Å². The molecule has 7 heteroatoms. The second-order valence-electron chi connectivity index (χ2n) is 4.11. The lowest BCUT2D eigenvalue weighted by atomic mass is 10.2. The third-order valence-corrected chi connectivity index (χ3v) is 2.36. The number of nitrogens with one attached hydrogen (secondary N) is 2. The second-order valence-corrected chi connectivity index (χ2v) is 4.11. The molecule has 0 amide bonds. The number of aromatic nitrogens is 2. The first kappa shape index (κ1) is 12.7. The summed E-state index contributed by atoms with van der Waals surface area (Å²) in [6.07, 6.45) is -5.19. The van der Waals surface area contributed by atoms with Gasteiger partial charge in [-0.2, -0.15) is 13.2 Å². The van der Waals surface area contributed by atoms with Gasteiger partial charge in [-0.05, 0) is 25.1 Å². The van der Waals surface area contributed by atoms with Gasteiger partial charge >= 0.3 is 6.18 Å². The molecule has 98 valence electrons. The van der Waals surface area contributed by atoms with E-state index in [0.717, 1.165) is 0 Å². The minimum absolute atomic E-state index is 0.201. The SMILES string of the molecule is CC(CC(F)(F)F)Nc1nc2ccc(F)cc2[nH]1. The predicted octanol–water partition coefficient (Wildman–Crippen LogP) is 3.45. The third kappa shape index (κ3) is 3.12. The molecular weight excluding hydrogens is 250 g/mol. The summed E-state index contributed by atoms with van der Waals surface area (Å²) >= 11 is 0. The molecule has 1 aromatic heterocycles. The van der Waals surface area contributed by atoms with Crippen molar-refractivity contribution in [3.05, 3.63) is 24.0 Å². The summed E-state index contributed by atoms with van der Waals surface area (Å²) in [7, 11) is 0. The van der Waals surface area contributed by atoms with Crippen LogP contribution >= 0.6 is 0 Å². The lowest BCUT2D eigenvalue weighted by molar-refractivity contribution is -0.136. The molecule has 0 aliphatic heterocycles. The molecule has 0 aliphatic carbocycles. The summed E-state index contributed by atoms with van der Waals surface area (Å²) in [5.41, 5.74) is 0.940. The average molecular weight is 261 g/mol. The highest BCUT2D eigenvalue weighted by Crippen LogP contribution is 2.23. The van der Waals surface area contributed by atoms with Crippen LogP contribution in [0.2, 0.25) is 0 Å². The smallest absolute Gasteiger partial charge is 0.353 e. The number of imidazole rings is 1. The third-order valence-electron chi connectivity index (χ3n) is 2.36. The standard InChI is InChI=1S/C11H11F4N3/c1-6(5-11(13,14)15)16-10-17-8-3-2-7(12)4-9(8)18-10/h2-4,6H,5H2,1H3,(H2,16,17,18). The minimum atomic E-state index is -4.23. The number of benzene rings is 1. The zero-order valence-electron chi connectivity index (χ0n) is 9.48. The van der Waals surface area contributed by atoms with Crippen LogP contribution in [0, 0.1) is 5.82 Å². The summed E-state index contributed by atoms with van der Waals surface area (Å²) in [5, 5.41) is 2.60. The van der Waals surface area contributed by atoms with Crippen molar-refractivity contribution in [3.8, 4) is 0 Å². The zero-order valence-corrected chi connectivity index (χ0v) is 9.48. The summed E-state index contributed by atoms with van der Waals surface area (Å²) in [4.78, 5) is 6.75. The van der Waals surface area contributed by atoms with Crippen LogP contribution < -0.4 is 5.32 Å². The fourth-order valence-electron chi connectivity index (χ4n) is 1.68. The molecule has 0 saturated carbocycles. The number of hydrogen-bond acceptors (Lipinski definition) is 2. The van der Waals surface area contributed by atoms with Crippen molar-refractivity contribution in [3.63, 3.8) is 0 Å².